The maximum atomic E-state index is 5.37. The van der Waals surface area contributed by atoms with Crippen molar-refractivity contribution in [2.45, 2.75) is 18.9 Å². The lowest BCUT2D eigenvalue weighted by Crippen LogP contribution is -2.30. The van der Waals surface area contributed by atoms with Crippen LogP contribution >= 0.6 is 15.9 Å². The van der Waals surface area contributed by atoms with E-state index >= 15 is 0 Å². The highest BCUT2D eigenvalue weighted by atomic mass is 79.9. The standard InChI is InChI=1S/C9H12BrN3O/c10-8-4-11-6-12-9(8)13-7-2-1-3-14-5-7/h4,6-7H,1-3,5H2,(H,11,12,13)/t7-/m0/s1. The zero-order valence-electron chi connectivity index (χ0n) is 7.74. The largest absolute Gasteiger partial charge is 0.379 e. The molecule has 0 unspecified atom stereocenters. The van der Waals surface area contributed by atoms with Crippen LogP contribution in [0.3, 0.4) is 0 Å². The topological polar surface area (TPSA) is 47.0 Å². The first-order chi connectivity index (χ1) is 6.86. The van der Waals surface area contributed by atoms with Crippen molar-refractivity contribution in [1.82, 2.24) is 9.97 Å². The van der Waals surface area contributed by atoms with E-state index in [2.05, 4.69) is 31.2 Å². The van der Waals surface area contributed by atoms with Crippen LogP contribution in [0.1, 0.15) is 12.8 Å². The van der Waals surface area contributed by atoms with Gasteiger partial charge in [0.2, 0.25) is 0 Å². The molecule has 1 N–H and O–H groups in total. The Labute approximate surface area is 91.2 Å². The van der Waals surface area contributed by atoms with Gasteiger partial charge in [0.25, 0.3) is 0 Å². The molecule has 2 rings (SSSR count). The van der Waals surface area contributed by atoms with E-state index in [-0.39, 0.29) is 0 Å². The highest BCUT2D eigenvalue weighted by Crippen LogP contribution is 2.20. The van der Waals surface area contributed by atoms with Crippen molar-refractivity contribution in [2.24, 2.45) is 0 Å². The van der Waals surface area contributed by atoms with Gasteiger partial charge >= 0.3 is 0 Å². The van der Waals surface area contributed by atoms with Crippen LogP contribution < -0.4 is 5.32 Å². The Balaban J connectivity index is 1.99. The first-order valence-corrected chi connectivity index (χ1v) is 5.45. The molecule has 0 radical (unpaired) electrons. The van der Waals surface area contributed by atoms with Gasteiger partial charge in [0.1, 0.15) is 12.1 Å². The van der Waals surface area contributed by atoms with Crippen molar-refractivity contribution in [3.63, 3.8) is 0 Å². The normalized spacial score (nSPS) is 21.9. The third kappa shape index (κ3) is 2.42. The molecule has 5 heteroatoms. The van der Waals surface area contributed by atoms with Crippen LogP contribution in [0.4, 0.5) is 5.82 Å². The van der Waals surface area contributed by atoms with Crippen molar-refractivity contribution in [2.75, 3.05) is 18.5 Å². The number of aromatic nitrogens is 2. The number of hydrogen-bond acceptors (Lipinski definition) is 4. The monoisotopic (exact) mass is 257 g/mol. The van der Waals surface area contributed by atoms with E-state index in [9.17, 15) is 0 Å². The van der Waals surface area contributed by atoms with Gasteiger partial charge in [-0.05, 0) is 28.8 Å². The molecule has 0 spiro atoms. The summed E-state index contributed by atoms with van der Waals surface area (Å²) in [5.41, 5.74) is 0. The molecule has 76 valence electrons. The minimum Gasteiger partial charge on any atom is -0.379 e. The minimum atomic E-state index is 0.370. The first kappa shape index (κ1) is 9.86. The molecule has 1 aliphatic rings. The van der Waals surface area contributed by atoms with Gasteiger partial charge < -0.3 is 10.1 Å². The number of anilines is 1. The first-order valence-electron chi connectivity index (χ1n) is 4.66. The lowest BCUT2D eigenvalue weighted by atomic mass is 10.1. The van der Waals surface area contributed by atoms with Gasteiger partial charge in [-0.1, -0.05) is 0 Å². The van der Waals surface area contributed by atoms with Gasteiger partial charge in [-0.2, -0.15) is 0 Å². The number of ether oxygens (including phenoxy) is 1. The highest BCUT2D eigenvalue weighted by molar-refractivity contribution is 9.10. The molecule has 14 heavy (non-hydrogen) atoms. The van der Waals surface area contributed by atoms with Crippen molar-refractivity contribution in [3.05, 3.63) is 17.0 Å². The molecule has 1 aromatic heterocycles. The van der Waals surface area contributed by atoms with Crippen LogP contribution in [0, 0.1) is 0 Å². The predicted octanol–water partition coefficient (Wildman–Crippen LogP) is 1.83. The summed E-state index contributed by atoms with van der Waals surface area (Å²) in [7, 11) is 0. The Kier molecular flexibility index (Phi) is 3.31. The lowest BCUT2D eigenvalue weighted by molar-refractivity contribution is 0.0875. The van der Waals surface area contributed by atoms with Gasteiger partial charge in [0.05, 0.1) is 17.1 Å². The average Bonchev–Trinajstić information content (AvgIpc) is 2.23. The summed E-state index contributed by atoms with van der Waals surface area (Å²) >= 11 is 3.39. The Morgan fingerprint density at radius 1 is 1.57 bits per heavy atom. The maximum Gasteiger partial charge on any atom is 0.144 e. The van der Waals surface area contributed by atoms with Crippen molar-refractivity contribution >= 4 is 21.7 Å². The van der Waals surface area contributed by atoms with E-state index < -0.39 is 0 Å². The summed E-state index contributed by atoms with van der Waals surface area (Å²) in [6.07, 6.45) is 5.52. The quantitative estimate of drug-likeness (QED) is 0.879. The molecule has 1 aromatic rings. The fraction of sp³-hybridized carbons (Fsp3) is 0.556. The maximum absolute atomic E-state index is 5.37. The summed E-state index contributed by atoms with van der Waals surface area (Å²) in [4.78, 5) is 8.06. The average molecular weight is 258 g/mol. The second-order valence-electron chi connectivity index (χ2n) is 3.28. The van der Waals surface area contributed by atoms with Crippen LogP contribution in [0.5, 0.6) is 0 Å². The fourth-order valence-electron chi connectivity index (χ4n) is 1.47. The van der Waals surface area contributed by atoms with E-state index in [1.807, 2.05) is 0 Å². The summed E-state index contributed by atoms with van der Waals surface area (Å²) in [5.74, 6) is 0.843. The SMILES string of the molecule is Brc1cncnc1N[C@H]1CCCOC1. The predicted molar refractivity (Wildman–Crippen MR) is 57.2 cm³/mol. The van der Waals surface area contributed by atoms with Crippen LogP contribution in [0.15, 0.2) is 17.0 Å². The molecule has 1 fully saturated rings. The Bertz CT molecular complexity index is 302. The van der Waals surface area contributed by atoms with Crippen molar-refractivity contribution in [1.29, 1.82) is 0 Å². The molecule has 0 aliphatic carbocycles. The van der Waals surface area contributed by atoms with E-state index in [1.54, 1.807) is 6.20 Å². The van der Waals surface area contributed by atoms with E-state index in [1.165, 1.54) is 6.33 Å². The smallest absolute Gasteiger partial charge is 0.144 e. The summed E-state index contributed by atoms with van der Waals surface area (Å²) in [6.45, 7) is 1.64. The molecule has 0 bridgehead atoms. The Morgan fingerprint density at radius 3 is 3.21 bits per heavy atom. The molecule has 1 saturated heterocycles. The molecule has 1 aliphatic heterocycles. The number of hydrogen-bond donors (Lipinski definition) is 1. The number of halogens is 1. The van der Waals surface area contributed by atoms with Crippen LogP contribution in [0.2, 0.25) is 0 Å². The highest BCUT2D eigenvalue weighted by Gasteiger charge is 2.14. The number of rotatable bonds is 2. The Morgan fingerprint density at radius 2 is 2.50 bits per heavy atom. The molecule has 0 aromatic carbocycles. The van der Waals surface area contributed by atoms with Crippen LogP contribution in [-0.4, -0.2) is 29.2 Å². The molecule has 0 saturated carbocycles. The van der Waals surface area contributed by atoms with E-state index in [0.29, 0.717) is 6.04 Å². The molecule has 0 amide bonds. The van der Waals surface area contributed by atoms with Gasteiger partial charge in [-0.25, -0.2) is 9.97 Å². The molecule has 1 atom stereocenters. The Hall–Kier alpha value is -0.680. The van der Waals surface area contributed by atoms with Crippen molar-refractivity contribution < 1.29 is 4.74 Å². The van der Waals surface area contributed by atoms with Gasteiger partial charge in [-0.3, -0.25) is 0 Å². The number of nitrogens with zero attached hydrogens (tertiary/aromatic N) is 2. The summed E-state index contributed by atoms with van der Waals surface area (Å²) < 4.78 is 6.27. The number of nitrogens with one attached hydrogen (secondary N) is 1. The minimum absolute atomic E-state index is 0.370. The fourth-order valence-corrected chi connectivity index (χ4v) is 1.80. The third-order valence-corrected chi connectivity index (χ3v) is 2.75. The van der Waals surface area contributed by atoms with Gasteiger partial charge in [-0.15, -0.1) is 0 Å². The summed E-state index contributed by atoms with van der Waals surface area (Å²) in [5, 5.41) is 3.33. The van der Waals surface area contributed by atoms with Crippen LogP contribution in [-0.2, 0) is 4.74 Å². The molecular formula is C9H12BrN3O. The summed E-state index contributed by atoms with van der Waals surface area (Å²) in [6, 6.07) is 0.370. The van der Waals surface area contributed by atoms with Gasteiger partial charge in [0.15, 0.2) is 0 Å². The zero-order chi connectivity index (χ0) is 9.80. The van der Waals surface area contributed by atoms with E-state index in [4.69, 9.17) is 4.74 Å². The molecule has 2 heterocycles. The van der Waals surface area contributed by atoms with Crippen LogP contribution in [0.25, 0.3) is 0 Å². The van der Waals surface area contributed by atoms with E-state index in [0.717, 1.165) is 36.3 Å². The lowest BCUT2D eigenvalue weighted by Gasteiger charge is -2.23. The van der Waals surface area contributed by atoms with Crippen molar-refractivity contribution in [3.8, 4) is 0 Å². The van der Waals surface area contributed by atoms with Gasteiger partial charge in [0, 0.05) is 12.8 Å². The second-order valence-corrected chi connectivity index (χ2v) is 4.13. The third-order valence-electron chi connectivity index (χ3n) is 2.17. The second kappa shape index (κ2) is 4.70. The molecular weight excluding hydrogens is 246 g/mol. The zero-order valence-corrected chi connectivity index (χ0v) is 9.33. The molecule has 4 nitrogen and oxygen atoms in total.